The molecule has 1 aliphatic heterocycles. The van der Waals surface area contributed by atoms with E-state index in [0.29, 0.717) is 24.7 Å². The lowest BCUT2D eigenvalue weighted by molar-refractivity contribution is -0.393. The molecule has 0 spiro atoms. The largest absolute Gasteiger partial charge is 0.366 e. The molecule has 2 aromatic carbocycles. The fourth-order valence-corrected chi connectivity index (χ4v) is 3.22. The number of nitrogens with zero attached hydrogens (tertiary/aromatic N) is 3. The first-order valence-corrected chi connectivity index (χ1v) is 7.79. The summed E-state index contributed by atoms with van der Waals surface area (Å²) in [6.07, 6.45) is 1.80. The number of rotatable bonds is 4. The summed E-state index contributed by atoms with van der Waals surface area (Å²) in [7, 11) is 0. The number of nitro benzene ring substituents is 2. The second-order valence-corrected chi connectivity index (χ2v) is 5.86. The first-order chi connectivity index (χ1) is 11.6. The summed E-state index contributed by atoms with van der Waals surface area (Å²) in [4.78, 5) is 22.9. The lowest BCUT2D eigenvalue weighted by atomic mass is 9.89. The van der Waals surface area contributed by atoms with Crippen LogP contribution in [0.25, 0.3) is 0 Å². The van der Waals surface area contributed by atoms with E-state index in [9.17, 15) is 20.2 Å². The standard InChI is InChI=1S/C17H17N3O4/c21-19(22)15-6-7-16(17(12-15)20(23)24)18-10-8-14(9-11-18)13-4-2-1-3-5-13/h1-7,12,14H,8-11H2. The van der Waals surface area contributed by atoms with Crippen molar-refractivity contribution >= 4 is 17.1 Å². The van der Waals surface area contributed by atoms with Crippen LogP contribution in [-0.4, -0.2) is 22.9 Å². The zero-order valence-corrected chi connectivity index (χ0v) is 13.0. The van der Waals surface area contributed by atoms with Crippen LogP contribution in [0.2, 0.25) is 0 Å². The van der Waals surface area contributed by atoms with Gasteiger partial charge in [-0.25, -0.2) is 0 Å². The predicted octanol–water partition coefficient (Wildman–Crippen LogP) is 3.89. The van der Waals surface area contributed by atoms with E-state index in [1.807, 2.05) is 23.1 Å². The number of benzene rings is 2. The van der Waals surface area contributed by atoms with Gasteiger partial charge in [-0.1, -0.05) is 30.3 Å². The zero-order valence-electron chi connectivity index (χ0n) is 13.0. The topological polar surface area (TPSA) is 89.5 Å². The maximum absolute atomic E-state index is 11.3. The molecule has 24 heavy (non-hydrogen) atoms. The Hall–Kier alpha value is -2.96. The van der Waals surface area contributed by atoms with Crippen molar-refractivity contribution in [1.82, 2.24) is 0 Å². The summed E-state index contributed by atoms with van der Waals surface area (Å²) in [5, 5.41) is 22.1. The van der Waals surface area contributed by atoms with E-state index in [2.05, 4.69) is 12.1 Å². The van der Waals surface area contributed by atoms with E-state index in [0.717, 1.165) is 18.9 Å². The molecule has 1 heterocycles. The Balaban J connectivity index is 1.79. The minimum Gasteiger partial charge on any atom is -0.366 e. The molecule has 0 aliphatic carbocycles. The quantitative estimate of drug-likeness (QED) is 0.628. The number of nitro groups is 2. The molecular weight excluding hydrogens is 310 g/mol. The van der Waals surface area contributed by atoms with E-state index < -0.39 is 9.85 Å². The molecule has 0 saturated carbocycles. The molecule has 2 aromatic rings. The molecule has 0 radical (unpaired) electrons. The Bertz CT molecular complexity index is 756. The third-order valence-corrected chi connectivity index (χ3v) is 4.47. The van der Waals surface area contributed by atoms with Crippen LogP contribution in [0.5, 0.6) is 0 Å². The fourth-order valence-electron chi connectivity index (χ4n) is 3.22. The third-order valence-electron chi connectivity index (χ3n) is 4.47. The number of non-ortho nitro benzene ring substituents is 1. The monoisotopic (exact) mass is 327 g/mol. The Kier molecular flexibility index (Phi) is 4.41. The summed E-state index contributed by atoms with van der Waals surface area (Å²) in [6.45, 7) is 1.39. The predicted molar refractivity (Wildman–Crippen MR) is 90.4 cm³/mol. The summed E-state index contributed by atoms with van der Waals surface area (Å²) < 4.78 is 0. The van der Waals surface area contributed by atoms with Gasteiger partial charge >= 0.3 is 0 Å². The van der Waals surface area contributed by atoms with Crippen molar-refractivity contribution < 1.29 is 9.85 Å². The van der Waals surface area contributed by atoms with Gasteiger partial charge in [-0.05, 0) is 30.4 Å². The SMILES string of the molecule is O=[N+]([O-])c1ccc(N2CCC(c3ccccc3)CC2)c([N+](=O)[O-])c1. The van der Waals surface area contributed by atoms with E-state index in [4.69, 9.17) is 0 Å². The number of hydrogen-bond donors (Lipinski definition) is 0. The third kappa shape index (κ3) is 3.19. The highest BCUT2D eigenvalue weighted by Crippen LogP contribution is 2.36. The fraction of sp³-hybridized carbons (Fsp3) is 0.294. The Labute approximate surface area is 138 Å². The molecule has 7 nitrogen and oxygen atoms in total. The van der Waals surface area contributed by atoms with Gasteiger partial charge < -0.3 is 4.90 Å². The van der Waals surface area contributed by atoms with Crippen LogP contribution in [0.15, 0.2) is 48.5 Å². The van der Waals surface area contributed by atoms with Crippen LogP contribution in [0.1, 0.15) is 24.3 Å². The minimum atomic E-state index is -0.613. The lowest BCUT2D eigenvalue weighted by Crippen LogP contribution is -2.33. The van der Waals surface area contributed by atoms with Crippen molar-refractivity contribution in [2.24, 2.45) is 0 Å². The van der Waals surface area contributed by atoms with Gasteiger partial charge in [-0.15, -0.1) is 0 Å². The van der Waals surface area contributed by atoms with Gasteiger partial charge in [0.05, 0.1) is 15.9 Å². The molecule has 124 valence electrons. The number of anilines is 1. The molecule has 7 heteroatoms. The average Bonchev–Trinajstić information content (AvgIpc) is 2.62. The van der Waals surface area contributed by atoms with Crippen molar-refractivity contribution in [3.63, 3.8) is 0 Å². The van der Waals surface area contributed by atoms with Crippen molar-refractivity contribution in [3.8, 4) is 0 Å². The maximum atomic E-state index is 11.3. The molecule has 0 amide bonds. The smallest absolute Gasteiger partial charge is 0.299 e. The van der Waals surface area contributed by atoms with Crippen LogP contribution in [0, 0.1) is 20.2 Å². The van der Waals surface area contributed by atoms with Crippen LogP contribution >= 0.6 is 0 Å². The van der Waals surface area contributed by atoms with Crippen LogP contribution in [0.4, 0.5) is 17.1 Å². The van der Waals surface area contributed by atoms with Crippen LogP contribution in [-0.2, 0) is 0 Å². The Morgan fingerprint density at radius 1 is 0.917 bits per heavy atom. The van der Waals surface area contributed by atoms with Gasteiger partial charge in [0.15, 0.2) is 0 Å². The highest BCUT2D eigenvalue weighted by molar-refractivity contribution is 5.67. The summed E-state index contributed by atoms with van der Waals surface area (Å²) in [6, 6.07) is 14.1. The van der Waals surface area contributed by atoms with Crippen LogP contribution in [0.3, 0.4) is 0 Å². The molecule has 0 atom stereocenters. The zero-order chi connectivity index (χ0) is 17.1. The Morgan fingerprint density at radius 2 is 1.58 bits per heavy atom. The van der Waals surface area contributed by atoms with Gasteiger partial charge in [-0.2, -0.15) is 0 Å². The molecule has 0 aromatic heterocycles. The second kappa shape index (κ2) is 6.66. The van der Waals surface area contributed by atoms with Crippen LogP contribution < -0.4 is 4.90 Å². The van der Waals surface area contributed by atoms with Crippen molar-refractivity contribution in [1.29, 1.82) is 0 Å². The molecule has 3 rings (SSSR count). The molecule has 0 N–H and O–H groups in total. The molecule has 1 saturated heterocycles. The molecule has 0 unspecified atom stereocenters. The average molecular weight is 327 g/mol. The molecule has 0 bridgehead atoms. The first-order valence-electron chi connectivity index (χ1n) is 7.79. The summed E-state index contributed by atoms with van der Waals surface area (Å²) in [5.74, 6) is 0.444. The van der Waals surface area contributed by atoms with Gasteiger partial charge in [0, 0.05) is 19.2 Å². The lowest BCUT2D eigenvalue weighted by Gasteiger charge is -2.33. The molecule has 1 fully saturated rings. The highest BCUT2D eigenvalue weighted by Gasteiger charge is 2.27. The summed E-state index contributed by atoms with van der Waals surface area (Å²) in [5.41, 5.74) is 1.28. The van der Waals surface area contributed by atoms with Crippen molar-refractivity contribution in [3.05, 3.63) is 74.3 Å². The maximum Gasteiger partial charge on any atom is 0.299 e. The number of piperidine rings is 1. The van der Waals surface area contributed by atoms with E-state index in [-0.39, 0.29) is 11.4 Å². The molecule has 1 aliphatic rings. The Morgan fingerprint density at radius 3 is 2.17 bits per heavy atom. The molecular formula is C17H17N3O4. The van der Waals surface area contributed by atoms with Gasteiger partial charge in [0.2, 0.25) is 0 Å². The van der Waals surface area contributed by atoms with Gasteiger partial charge in [0.25, 0.3) is 11.4 Å². The van der Waals surface area contributed by atoms with E-state index in [1.54, 1.807) is 0 Å². The summed E-state index contributed by atoms with van der Waals surface area (Å²) >= 11 is 0. The van der Waals surface area contributed by atoms with Crippen molar-refractivity contribution in [2.45, 2.75) is 18.8 Å². The first kappa shape index (κ1) is 15.9. The second-order valence-electron chi connectivity index (χ2n) is 5.86. The number of hydrogen-bond acceptors (Lipinski definition) is 5. The van der Waals surface area contributed by atoms with Gasteiger partial charge in [0.1, 0.15) is 5.69 Å². The van der Waals surface area contributed by atoms with Gasteiger partial charge in [-0.3, -0.25) is 20.2 Å². The normalized spacial score (nSPS) is 15.2. The van der Waals surface area contributed by atoms with E-state index >= 15 is 0 Å². The van der Waals surface area contributed by atoms with E-state index in [1.165, 1.54) is 17.7 Å². The van der Waals surface area contributed by atoms with Crippen molar-refractivity contribution in [2.75, 3.05) is 18.0 Å². The highest BCUT2D eigenvalue weighted by atomic mass is 16.6. The minimum absolute atomic E-state index is 0.206.